The number of halogens is 2. The Hall–Kier alpha value is -1.17. The average Bonchev–Trinajstić information content (AvgIpc) is 2.44. The van der Waals surface area contributed by atoms with Crippen LogP contribution in [0, 0.1) is 5.82 Å². The first-order valence-electron chi connectivity index (χ1n) is 7.04. The largest absolute Gasteiger partial charge is 0.481 e. The van der Waals surface area contributed by atoms with Crippen LogP contribution in [0.2, 0.25) is 5.02 Å². The van der Waals surface area contributed by atoms with E-state index in [4.69, 9.17) is 21.4 Å². The third kappa shape index (κ3) is 5.26. The molecule has 4 nitrogen and oxygen atoms in total. The Balaban J connectivity index is 1.76. The Bertz CT molecular complexity index is 490. The second-order valence-electron chi connectivity index (χ2n) is 5.23. The molecular weight excluding hydrogens is 297 g/mol. The lowest BCUT2D eigenvalue weighted by atomic mass is 10.1. The third-order valence-corrected chi connectivity index (χ3v) is 3.84. The van der Waals surface area contributed by atoms with Gasteiger partial charge in [0.2, 0.25) is 0 Å². The standard InChI is InChI=1S/C15H19ClFNO3/c16-12-1-2-14(17)11(9-12)10-18-6-3-13(4-7-18)21-8-5-15(19)20/h1-2,9,13H,3-8,10H2,(H,19,20). The van der Waals surface area contributed by atoms with Crippen molar-refractivity contribution in [3.8, 4) is 0 Å². The third-order valence-electron chi connectivity index (χ3n) is 3.61. The van der Waals surface area contributed by atoms with Crippen LogP contribution in [0.1, 0.15) is 24.8 Å². The molecule has 2 rings (SSSR count). The maximum atomic E-state index is 13.7. The van der Waals surface area contributed by atoms with Gasteiger partial charge in [-0.3, -0.25) is 9.69 Å². The van der Waals surface area contributed by atoms with Crippen molar-refractivity contribution in [1.82, 2.24) is 4.90 Å². The van der Waals surface area contributed by atoms with E-state index in [2.05, 4.69) is 4.90 Å². The molecule has 6 heteroatoms. The topological polar surface area (TPSA) is 49.8 Å². The van der Waals surface area contributed by atoms with E-state index < -0.39 is 5.97 Å². The number of rotatable bonds is 6. The summed E-state index contributed by atoms with van der Waals surface area (Å²) >= 11 is 5.89. The van der Waals surface area contributed by atoms with E-state index in [1.165, 1.54) is 6.07 Å². The molecule has 21 heavy (non-hydrogen) atoms. The second-order valence-corrected chi connectivity index (χ2v) is 5.66. The SMILES string of the molecule is O=C(O)CCOC1CCN(Cc2cc(Cl)ccc2F)CC1. The summed E-state index contributed by atoms with van der Waals surface area (Å²) in [6.07, 6.45) is 1.81. The van der Waals surface area contributed by atoms with Crippen molar-refractivity contribution in [1.29, 1.82) is 0 Å². The minimum Gasteiger partial charge on any atom is -0.481 e. The quantitative estimate of drug-likeness (QED) is 0.877. The van der Waals surface area contributed by atoms with E-state index in [9.17, 15) is 9.18 Å². The monoisotopic (exact) mass is 315 g/mol. The van der Waals surface area contributed by atoms with Crippen LogP contribution in [0.3, 0.4) is 0 Å². The molecule has 0 aliphatic carbocycles. The molecular formula is C15H19ClFNO3. The zero-order valence-electron chi connectivity index (χ0n) is 11.7. The molecule has 0 saturated carbocycles. The van der Waals surface area contributed by atoms with E-state index in [0.29, 0.717) is 17.1 Å². The van der Waals surface area contributed by atoms with Crippen LogP contribution in [0.4, 0.5) is 4.39 Å². The molecule has 1 aliphatic rings. The summed E-state index contributed by atoms with van der Waals surface area (Å²) in [4.78, 5) is 12.6. The van der Waals surface area contributed by atoms with E-state index in [1.807, 2.05) is 0 Å². The molecule has 0 unspecified atom stereocenters. The summed E-state index contributed by atoms with van der Waals surface area (Å²) in [5.41, 5.74) is 0.604. The van der Waals surface area contributed by atoms with Crippen molar-refractivity contribution < 1.29 is 19.0 Å². The highest BCUT2D eigenvalue weighted by molar-refractivity contribution is 6.30. The molecule has 1 aliphatic heterocycles. The molecule has 0 spiro atoms. The Morgan fingerprint density at radius 2 is 2.14 bits per heavy atom. The second kappa shape index (κ2) is 7.73. The van der Waals surface area contributed by atoms with Crippen LogP contribution in [-0.2, 0) is 16.1 Å². The molecule has 1 aromatic rings. The molecule has 116 valence electrons. The molecule has 1 heterocycles. The highest BCUT2D eigenvalue weighted by Gasteiger charge is 2.20. The van der Waals surface area contributed by atoms with Gasteiger partial charge in [-0.25, -0.2) is 4.39 Å². The predicted octanol–water partition coefficient (Wildman–Crippen LogP) is 2.93. The number of ether oxygens (including phenoxy) is 1. The van der Waals surface area contributed by atoms with Crippen molar-refractivity contribution in [3.05, 3.63) is 34.6 Å². The summed E-state index contributed by atoms with van der Waals surface area (Å²) in [6, 6.07) is 4.59. The van der Waals surface area contributed by atoms with Gasteiger partial charge in [-0.1, -0.05) is 11.6 Å². The van der Waals surface area contributed by atoms with Crippen LogP contribution < -0.4 is 0 Å². The van der Waals surface area contributed by atoms with Crippen molar-refractivity contribution in [3.63, 3.8) is 0 Å². The average molecular weight is 316 g/mol. The zero-order valence-corrected chi connectivity index (χ0v) is 12.5. The van der Waals surface area contributed by atoms with Gasteiger partial charge < -0.3 is 9.84 Å². The van der Waals surface area contributed by atoms with Gasteiger partial charge in [0, 0.05) is 30.2 Å². The number of likely N-dealkylation sites (tertiary alicyclic amines) is 1. The summed E-state index contributed by atoms with van der Waals surface area (Å²) in [5.74, 6) is -1.08. The van der Waals surface area contributed by atoms with E-state index >= 15 is 0 Å². The minimum atomic E-state index is -0.844. The fourth-order valence-corrected chi connectivity index (χ4v) is 2.65. The maximum absolute atomic E-state index is 13.7. The number of piperidine rings is 1. The van der Waals surface area contributed by atoms with Crippen molar-refractivity contribution in [2.45, 2.75) is 31.9 Å². The van der Waals surface area contributed by atoms with Crippen molar-refractivity contribution in [2.24, 2.45) is 0 Å². The van der Waals surface area contributed by atoms with Gasteiger partial charge in [0.05, 0.1) is 19.1 Å². The van der Waals surface area contributed by atoms with Crippen molar-refractivity contribution >= 4 is 17.6 Å². The number of carboxylic acid groups (broad SMARTS) is 1. The maximum Gasteiger partial charge on any atom is 0.305 e. The number of hydrogen-bond acceptors (Lipinski definition) is 3. The lowest BCUT2D eigenvalue weighted by Gasteiger charge is -2.31. The molecule has 0 aromatic heterocycles. The number of nitrogens with zero attached hydrogens (tertiary/aromatic N) is 1. The zero-order chi connectivity index (χ0) is 15.2. The van der Waals surface area contributed by atoms with Crippen LogP contribution in [0.5, 0.6) is 0 Å². The van der Waals surface area contributed by atoms with Gasteiger partial charge in [-0.15, -0.1) is 0 Å². The van der Waals surface area contributed by atoms with Crippen LogP contribution in [-0.4, -0.2) is 41.8 Å². The van der Waals surface area contributed by atoms with Gasteiger partial charge in [0.25, 0.3) is 0 Å². The highest BCUT2D eigenvalue weighted by atomic mass is 35.5. The minimum absolute atomic E-state index is 0.0357. The number of aliphatic carboxylic acids is 1. The molecule has 0 atom stereocenters. The fourth-order valence-electron chi connectivity index (χ4n) is 2.45. The summed E-state index contributed by atoms with van der Waals surface area (Å²) in [7, 11) is 0. The number of hydrogen-bond donors (Lipinski definition) is 1. The highest BCUT2D eigenvalue weighted by Crippen LogP contribution is 2.20. The fraction of sp³-hybridized carbons (Fsp3) is 0.533. The normalized spacial score (nSPS) is 17.0. The van der Waals surface area contributed by atoms with E-state index in [-0.39, 0.29) is 24.9 Å². The molecule has 1 N–H and O–H groups in total. The molecule has 0 bridgehead atoms. The molecule has 0 radical (unpaired) electrons. The Morgan fingerprint density at radius 1 is 1.43 bits per heavy atom. The summed E-state index contributed by atoms with van der Waals surface area (Å²) in [6.45, 7) is 2.41. The Morgan fingerprint density at radius 3 is 2.81 bits per heavy atom. The van der Waals surface area contributed by atoms with E-state index in [0.717, 1.165) is 25.9 Å². The first-order chi connectivity index (χ1) is 10.0. The van der Waals surface area contributed by atoms with Gasteiger partial charge in [0.15, 0.2) is 0 Å². The summed E-state index contributed by atoms with van der Waals surface area (Å²) in [5, 5.41) is 9.10. The number of carbonyl (C=O) groups is 1. The van der Waals surface area contributed by atoms with Crippen LogP contribution >= 0.6 is 11.6 Å². The first kappa shape index (κ1) is 16.2. The summed E-state index contributed by atoms with van der Waals surface area (Å²) < 4.78 is 19.2. The number of benzene rings is 1. The van der Waals surface area contributed by atoms with Crippen LogP contribution in [0.15, 0.2) is 18.2 Å². The molecule has 0 amide bonds. The van der Waals surface area contributed by atoms with Gasteiger partial charge in [0.1, 0.15) is 5.82 Å². The Labute approximate surface area is 128 Å². The van der Waals surface area contributed by atoms with Crippen LogP contribution in [0.25, 0.3) is 0 Å². The smallest absolute Gasteiger partial charge is 0.305 e. The van der Waals surface area contributed by atoms with Gasteiger partial charge >= 0.3 is 5.97 Å². The lowest BCUT2D eigenvalue weighted by molar-refractivity contribution is -0.138. The van der Waals surface area contributed by atoms with Crippen molar-refractivity contribution in [2.75, 3.05) is 19.7 Å². The van der Waals surface area contributed by atoms with Gasteiger partial charge in [-0.05, 0) is 31.0 Å². The predicted molar refractivity (Wildman–Crippen MR) is 77.9 cm³/mol. The Kier molecular flexibility index (Phi) is 5.96. The lowest BCUT2D eigenvalue weighted by Crippen LogP contribution is -2.37. The van der Waals surface area contributed by atoms with Gasteiger partial charge in [-0.2, -0.15) is 0 Å². The first-order valence-corrected chi connectivity index (χ1v) is 7.42. The molecule has 1 fully saturated rings. The number of carboxylic acids is 1. The van der Waals surface area contributed by atoms with E-state index in [1.54, 1.807) is 12.1 Å². The molecule has 1 saturated heterocycles. The molecule has 1 aromatic carbocycles.